The highest BCUT2D eigenvalue weighted by atomic mass is 32.2. The summed E-state index contributed by atoms with van der Waals surface area (Å²) < 4.78 is 40.4. The van der Waals surface area contributed by atoms with E-state index in [-0.39, 0.29) is 23.7 Å². The minimum atomic E-state index is -3.76. The van der Waals surface area contributed by atoms with Crippen molar-refractivity contribution in [1.82, 2.24) is 4.31 Å². The lowest BCUT2D eigenvalue weighted by molar-refractivity contribution is -0.384. The third-order valence-electron chi connectivity index (χ3n) is 4.43. The lowest BCUT2D eigenvalue weighted by atomic mass is 10.2. The average Bonchev–Trinajstić information content (AvgIpc) is 2.64. The minimum Gasteiger partial charge on any atom is -0.369 e. The van der Waals surface area contributed by atoms with Gasteiger partial charge in [0.2, 0.25) is 10.0 Å². The van der Waals surface area contributed by atoms with Gasteiger partial charge in [0.15, 0.2) is 0 Å². The smallest absolute Gasteiger partial charge is 0.269 e. The van der Waals surface area contributed by atoms with Crippen LogP contribution in [0.3, 0.4) is 0 Å². The Kier molecular flexibility index (Phi) is 4.92. The van der Waals surface area contributed by atoms with Gasteiger partial charge in [-0.2, -0.15) is 4.31 Å². The predicted molar refractivity (Wildman–Crippen MR) is 95.2 cm³/mol. The minimum absolute atomic E-state index is 0.0107. The quantitative estimate of drug-likeness (QED) is 0.602. The molecular weight excluding hydrogens is 361 g/mol. The molecular formula is C17H18FN3O4S. The molecule has 1 fully saturated rings. The van der Waals surface area contributed by atoms with Crippen LogP contribution in [-0.4, -0.2) is 43.8 Å². The highest BCUT2D eigenvalue weighted by molar-refractivity contribution is 7.89. The van der Waals surface area contributed by atoms with Crippen LogP contribution in [-0.2, 0) is 10.0 Å². The molecule has 0 unspecified atom stereocenters. The molecule has 0 radical (unpaired) electrons. The second-order valence-electron chi connectivity index (χ2n) is 6.07. The highest BCUT2D eigenvalue weighted by Gasteiger charge is 2.30. The topological polar surface area (TPSA) is 83.8 Å². The first kappa shape index (κ1) is 18.3. The van der Waals surface area contributed by atoms with Crippen LogP contribution in [0.2, 0.25) is 0 Å². The lowest BCUT2D eigenvalue weighted by Gasteiger charge is -2.35. The maximum absolute atomic E-state index is 13.5. The molecule has 7 nitrogen and oxygen atoms in total. The van der Waals surface area contributed by atoms with E-state index in [1.165, 1.54) is 28.6 Å². The number of aryl methyl sites for hydroxylation is 1. The number of halogens is 1. The van der Waals surface area contributed by atoms with Crippen molar-refractivity contribution in [3.8, 4) is 0 Å². The van der Waals surface area contributed by atoms with Gasteiger partial charge in [-0.15, -0.1) is 0 Å². The second-order valence-corrected chi connectivity index (χ2v) is 7.98. The van der Waals surface area contributed by atoms with Gasteiger partial charge in [0.05, 0.1) is 9.82 Å². The van der Waals surface area contributed by atoms with Gasteiger partial charge >= 0.3 is 0 Å². The molecule has 0 aromatic heterocycles. The summed E-state index contributed by atoms with van der Waals surface area (Å²) in [5.41, 5.74) is 1.32. The number of hydrogen-bond acceptors (Lipinski definition) is 5. The van der Waals surface area contributed by atoms with Crippen LogP contribution in [0.1, 0.15) is 5.56 Å². The van der Waals surface area contributed by atoms with E-state index in [0.717, 1.165) is 11.8 Å². The Balaban J connectivity index is 1.73. The summed E-state index contributed by atoms with van der Waals surface area (Å²) in [4.78, 5) is 12.2. The SMILES string of the molecule is Cc1ccc(F)cc1S(=O)(=O)N1CCN(c2ccc([N+](=O)[O-])cc2)CC1. The molecule has 0 spiro atoms. The molecule has 0 saturated carbocycles. The molecule has 0 bridgehead atoms. The maximum Gasteiger partial charge on any atom is 0.269 e. The number of nitrogens with zero attached hydrogens (tertiary/aromatic N) is 3. The van der Waals surface area contributed by atoms with Crippen LogP contribution in [0.4, 0.5) is 15.8 Å². The normalized spacial score (nSPS) is 15.8. The van der Waals surface area contributed by atoms with Gasteiger partial charge < -0.3 is 4.90 Å². The van der Waals surface area contributed by atoms with Crippen molar-refractivity contribution < 1.29 is 17.7 Å². The second kappa shape index (κ2) is 7.00. The van der Waals surface area contributed by atoms with Crippen molar-refractivity contribution in [3.63, 3.8) is 0 Å². The van der Waals surface area contributed by atoms with Gasteiger partial charge in [-0.3, -0.25) is 10.1 Å². The van der Waals surface area contributed by atoms with E-state index in [2.05, 4.69) is 0 Å². The molecule has 138 valence electrons. The monoisotopic (exact) mass is 379 g/mol. The van der Waals surface area contributed by atoms with Crippen molar-refractivity contribution in [2.75, 3.05) is 31.1 Å². The van der Waals surface area contributed by atoms with Gasteiger partial charge in [-0.25, -0.2) is 12.8 Å². The van der Waals surface area contributed by atoms with E-state index in [1.807, 2.05) is 4.90 Å². The Morgan fingerprint density at radius 2 is 1.65 bits per heavy atom. The van der Waals surface area contributed by atoms with Crippen LogP contribution >= 0.6 is 0 Å². The van der Waals surface area contributed by atoms with E-state index < -0.39 is 20.8 Å². The lowest BCUT2D eigenvalue weighted by Crippen LogP contribution is -2.48. The molecule has 2 aromatic rings. The Morgan fingerprint density at radius 3 is 2.23 bits per heavy atom. The van der Waals surface area contributed by atoms with Crippen molar-refractivity contribution in [1.29, 1.82) is 0 Å². The van der Waals surface area contributed by atoms with Gasteiger partial charge in [0, 0.05) is 44.0 Å². The molecule has 0 atom stereocenters. The van der Waals surface area contributed by atoms with Crippen LogP contribution < -0.4 is 4.90 Å². The molecule has 26 heavy (non-hydrogen) atoms. The number of anilines is 1. The molecule has 1 aliphatic heterocycles. The van der Waals surface area contributed by atoms with Crippen molar-refractivity contribution in [2.24, 2.45) is 0 Å². The summed E-state index contributed by atoms with van der Waals surface area (Å²) in [7, 11) is -3.76. The van der Waals surface area contributed by atoms with E-state index in [4.69, 9.17) is 0 Å². The number of sulfonamides is 1. The summed E-state index contributed by atoms with van der Waals surface area (Å²) in [5, 5.41) is 10.7. The Hall–Kier alpha value is -2.52. The zero-order valence-electron chi connectivity index (χ0n) is 14.1. The Bertz CT molecular complexity index is 924. The highest BCUT2D eigenvalue weighted by Crippen LogP contribution is 2.25. The zero-order valence-corrected chi connectivity index (χ0v) is 14.9. The number of non-ortho nitro benzene ring substituents is 1. The average molecular weight is 379 g/mol. The molecule has 0 aliphatic carbocycles. The maximum atomic E-state index is 13.5. The summed E-state index contributed by atoms with van der Waals surface area (Å²) in [6, 6.07) is 9.89. The number of nitro benzene ring substituents is 1. The number of piperazine rings is 1. The summed E-state index contributed by atoms with van der Waals surface area (Å²) in [6.45, 7) is 3.06. The van der Waals surface area contributed by atoms with E-state index >= 15 is 0 Å². The molecule has 1 aliphatic rings. The molecule has 0 amide bonds. The molecule has 2 aromatic carbocycles. The van der Waals surface area contributed by atoms with Gasteiger partial charge in [0.25, 0.3) is 5.69 Å². The molecule has 3 rings (SSSR count). The summed E-state index contributed by atoms with van der Waals surface area (Å²) in [5.74, 6) is -0.585. The molecule has 9 heteroatoms. The van der Waals surface area contributed by atoms with Crippen LogP contribution in [0.5, 0.6) is 0 Å². The summed E-state index contributed by atoms with van der Waals surface area (Å²) >= 11 is 0. The predicted octanol–water partition coefficient (Wildman–Crippen LogP) is 2.55. The molecule has 1 heterocycles. The first-order valence-electron chi connectivity index (χ1n) is 8.05. The van der Waals surface area contributed by atoms with E-state index in [0.29, 0.717) is 18.7 Å². The zero-order chi connectivity index (χ0) is 18.9. The first-order valence-corrected chi connectivity index (χ1v) is 9.49. The van der Waals surface area contributed by atoms with E-state index in [1.54, 1.807) is 19.1 Å². The number of hydrogen-bond donors (Lipinski definition) is 0. The fourth-order valence-electron chi connectivity index (χ4n) is 2.96. The fraction of sp³-hybridized carbons (Fsp3) is 0.294. The fourth-order valence-corrected chi connectivity index (χ4v) is 4.62. The largest absolute Gasteiger partial charge is 0.369 e. The number of benzene rings is 2. The van der Waals surface area contributed by atoms with Crippen molar-refractivity contribution in [2.45, 2.75) is 11.8 Å². The van der Waals surface area contributed by atoms with Gasteiger partial charge in [-0.1, -0.05) is 6.07 Å². The van der Waals surface area contributed by atoms with Gasteiger partial charge in [0.1, 0.15) is 5.82 Å². The Labute approximate surface area is 150 Å². The van der Waals surface area contributed by atoms with Crippen molar-refractivity contribution in [3.05, 3.63) is 64.0 Å². The van der Waals surface area contributed by atoms with Crippen molar-refractivity contribution >= 4 is 21.4 Å². The first-order chi connectivity index (χ1) is 12.3. The van der Waals surface area contributed by atoms with Crippen LogP contribution in [0.15, 0.2) is 47.4 Å². The Morgan fingerprint density at radius 1 is 1.04 bits per heavy atom. The van der Waals surface area contributed by atoms with Crippen LogP contribution in [0.25, 0.3) is 0 Å². The third-order valence-corrected chi connectivity index (χ3v) is 6.47. The molecule has 0 N–H and O–H groups in total. The number of rotatable bonds is 4. The van der Waals surface area contributed by atoms with Crippen LogP contribution in [0, 0.1) is 22.9 Å². The van der Waals surface area contributed by atoms with Gasteiger partial charge in [-0.05, 0) is 36.8 Å². The molecule has 1 saturated heterocycles. The third kappa shape index (κ3) is 3.54. The number of nitro groups is 1. The van der Waals surface area contributed by atoms with E-state index in [9.17, 15) is 22.9 Å². The standard InChI is InChI=1S/C17H18FN3O4S/c1-13-2-3-14(18)12-17(13)26(24,25)20-10-8-19(9-11-20)15-4-6-16(7-5-15)21(22)23/h2-7,12H,8-11H2,1H3. The summed E-state index contributed by atoms with van der Waals surface area (Å²) in [6.07, 6.45) is 0.